The third kappa shape index (κ3) is 1.69. The maximum absolute atomic E-state index is 5.90. The van der Waals surface area contributed by atoms with Gasteiger partial charge in [0.25, 0.3) is 0 Å². The number of hydrogen-bond acceptors (Lipinski definition) is 2. The van der Waals surface area contributed by atoms with Gasteiger partial charge in [-0.05, 0) is 37.3 Å². The van der Waals surface area contributed by atoms with Crippen LogP contribution in [0.1, 0.15) is 34.2 Å². The van der Waals surface area contributed by atoms with Gasteiger partial charge in [-0.25, -0.2) is 0 Å². The highest BCUT2D eigenvalue weighted by atomic mass is 32.1. The molecule has 1 atom stereocenters. The van der Waals surface area contributed by atoms with E-state index in [2.05, 4.69) is 12.6 Å². The molecule has 0 amide bonds. The molecule has 1 unspecified atom stereocenters. The number of hydrogen-bond donors (Lipinski definition) is 1. The van der Waals surface area contributed by atoms with E-state index in [1.54, 1.807) is 4.88 Å². The number of fused-ring (bicyclic) bond motifs is 1. The Morgan fingerprint density at radius 3 is 2.92 bits per heavy atom. The fourth-order valence-corrected chi connectivity index (χ4v) is 3.05. The fourth-order valence-electron chi connectivity index (χ4n) is 1.79. The molecule has 1 aromatic heterocycles. The molecule has 0 saturated carbocycles. The fraction of sp³-hybridized carbons (Fsp3) is 0.455. The average Bonchev–Trinajstić information content (AvgIpc) is 2.59. The second-order valence-electron chi connectivity index (χ2n) is 3.57. The van der Waals surface area contributed by atoms with Gasteiger partial charge in [0.2, 0.25) is 0 Å². The van der Waals surface area contributed by atoms with Crippen LogP contribution < -0.4 is 5.73 Å². The van der Waals surface area contributed by atoms with Crippen molar-refractivity contribution < 1.29 is 0 Å². The normalized spacial score (nSPS) is 17.9. The van der Waals surface area contributed by atoms with Gasteiger partial charge in [-0.1, -0.05) is 6.08 Å². The first-order chi connectivity index (χ1) is 6.31. The summed E-state index contributed by atoms with van der Waals surface area (Å²) in [5.74, 6) is 0. The zero-order valence-electron chi connectivity index (χ0n) is 7.75. The van der Waals surface area contributed by atoms with Crippen molar-refractivity contribution in [2.75, 3.05) is 0 Å². The molecule has 2 N–H and O–H groups in total. The van der Waals surface area contributed by atoms with Crippen molar-refractivity contribution >= 4 is 11.3 Å². The van der Waals surface area contributed by atoms with Crippen LogP contribution >= 0.6 is 11.3 Å². The molecule has 1 heterocycles. The van der Waals surface area contributed by atoms with Crippen LogP contribution in [0.4, 0.5) is 0 Å². The molecule has 1 nitrogen and oxygen atoms in total. The van der Waals surface area contributed by atoms with Gasteiger partial charge in [-0.2, -0.15) is 0 Å². The van der Waals surface area contributed by atoms with E-state index in [0.29, 0.717) is 0 Å². The SMILES string of the molecule is C=CC(N)c1cc2c(s1)CCCC2. The Bertz CT molecular complexity index is 290. The predicted octanol–water partition coefficient (Wildman–Crippen LogP) is 2.81. The van der Waals surface area contributed by atoms with Crippen LogP contribution in [-0.2, 0) is 12.8 Å². The lowest BCUT2D eigenvalue weighted by Crippen LogP contribution is -2.03. The summed E-state index contributed by atoms with van der Waals surface area (Å²) >= 11 is 1.87. The van der Waals surface area contributed by atoms with Crippen LogP contribution in [-0.4, -0.2) is 0 Å². The minimum absolute atomic E-state index is 0.0376. The average molecular weight is 193 g/mol. The molecule has 0 bridgehead atoms. The molecule has 2 heteroatoms. The highest BCUT2D eigenvalue weighted by Crippen LogP contribution is 2.32. The molecular weight excluding hydrogens is 178 g/mol. The van der Waals surface area contributed by atoms with Crippen molar-refractivity contribution in [2.24, 2.45) is 5.73 Å². The number of aryl methyl sites for hydroxylation is 2. The topological polar surface area (TPSA) is 26.0 Å². The first-order valence-electron chi connectivity index (χ1n) is 4.81. The molecule has 0 radical (unpaired) electrons. The standard InChI is InChI=1S/C11H15NS/c1-2-9(12)11-7-8-5-3-4-6-10(8)13-11/h2,7,9H,1,3-6,12H2. The molecule has 70 valence electrons. The second kappa shape index (κ2) is 3.64. The Balaban J connectivity index is 2.29. The molecule has 0 spiro atoms. The molecule has 0 aromatic carbocycles. The van der Waals surface area contributed by atoms with Crippen molar-refractivity contribution in [2.45, 2.75) is 31.7 Å². The highest BCUT2D eigenvalue weighted by Gasteiger charge is 2.14. The molecule has 13 heavy (non-hydrogen) atoms. The van der Waals surface area contributed by atoms with Crippen LogP contribution in [0.5, 0.6) is 0 Å². The second-order valence-corrected chi connectivity index (χ2v) is 4.73. The molecule has 0 saturated heterocycles. The number of thiophene rings is 1. The smallest absolute Gasteiger partial charge is 0.0573 e. The van der Waals surface area contributed by atoms with E-state index < -0.39 is 0 Å². The lowest BCUT2D eigenvalue weighted by molar-refractivity contribution is 0.697. The first-order valence-corrected chi connectivity index (χ1v) is 5.62. The third-order valence-electron chi connectivity index (χ3n) is 2.60. The van der Waals surface area contributed by atoms with E-state index in [4.69, 9.17) is 5.73 Å². The first kappa shape index (κ1) is 8.97. The number of nitrogens with two attached hydrogens (primary N) is 1. The van der Waals surface area contributed by atoms with Gasteiger partial charge in [-0.3, -0.25) is 0 Å². The minimum atomic E-state index is 0.0376. The Morgan fingerprint density at radius 2 is 2.23 bits per heavy atom. The molecule has 1 aliphatic carbocycles. The molecule has 0 fully saturated rings. The van der Waals surface area contributed by atoms with Gasteiger partial charge in [0.05, 0.1) is 6.04 Å². The van der Waals surface area contributed by atoms with Crippen LogP contribution in [0.15, 0.2) is 18.7 Å². The Labute approximate surface area is 83.3 Å². The van der Waals surface area contributed by atoms with Crippen LogP contribution in [0.2, 0.25) is 0 Å². The summed E-state index contributed by atoms with van der Waals surface area (Å²) in [6.07, 6.45) is 7.00. The van der Waals surface area contributed by atoms with E-state index in [9.17, 15) is 0 Å². The van der Waals surface area contributed by atoms with Crippen LogP contribution in [0.25, 0.3) is 0 Å². The lowest BCUT2D eigenvalue weighted by atomic mass is 9.99. The summed E-state index contributed by atoms with van der Waals surface area (Å²) in [7, 11) is 0. The Kier molecular flexibility index (Phi) is 2.51. The van der Waals surface area contributed by atoms with E-state index >= 15 is 0 Å². The van der Waals surface area contributed by atoms with Gasteiger partial charge >= 0.3 is 0 Å². The summed E-state index contributed by atoms with van der Waals surface area (Å²) < 4.78 is 0. The van der Waals surface area contributed by atoms with E-state index in [1.807, 2.05) is 17.4 Å². The quantitative estimate of drug-likeness (QED) is 0.718. The van der Waals surface area contributed by atoms with Gasteiger partial charge < -0.3 is 5.73 Å². The van der Waals surface area contributed by atoms with E-state index in [-0.39, 0.29) is 6.04 Å². The van der Waals surface area contributed by atoms with E-state index in [0.717, 1.165) is 0 Å². The van der Waals surface area contributed by atoms with E-state index in [1.165, 1.54) is 36.1 Å². The molecule has 2 rings (SSSR count). The summed E-state index contributed by atoms with van der Waals surface area (Å²) in [5.41, 5.74) is 7.43. The van der Waals surface area contributed by atoms with Crippen molar-refractivity contribution in [3.05, 3.63) is 34.0 Å². The predicted molar refractivity (Wildman–Crippen MR) is 58.1 cm³/mol. The summed E-state index contributed by atoms with van der Waals surface area (Å²) in [6, 6.07) is 2.31. The Hall–Kier alpha value is -0.600. The van der Waals surface area contributed by atoms with Crippen molar-refractivity contribution in [1.29, 1.82) is 0 Å². The van der Waals surface area contributed by atoms with Crippen LogP contribution in [0, 0.1) is 0 Å². The number of rotatable bonds is 2. The Morgan fingerprint density at radius 1 is 1.46 bits per heavy atom. The van der Waals surface area contributed by atoms with Gasteiger partial charge in [0.15, 0.2) is 0 Å². The molecule has 0 aliphatic heterocycles. The van der Waals surface area contributed by atoms with Crippen molar-refractivity contribution in [3.8, 4) is 0 Å². The lowest BCUT2D eigenvalue weighted by Gasteiger charge is -2.08. The largest absolute Gasteiger partial charge is 0.320 e. The zero-order chi connectivity index (χ0) is 9.26. The van der Waals surface area contributed by atoms with Gasteiger partial charge in [0, 0.05) is 9.75 Å². The third-order valence-corrected chi connectivity index (χ3v) is 3.94. The monoisotopic (exact) mass is 193 g/mol. The maximum atomic E-state index is 5.90. The van der Waals surface area contributed by atoms with Gasteiger partial charge in [-0.15, -0.1) is 17.9 Å². The zero-order valence-corrected chi connectivity index (χ0v) is 8.57. The van der Waals surface area contributed by atoms with Crippen LogP contribution in [0.3, 0.4) is 0 Å². The molecule has 1 aromatic rings. The highest BCUT2D eigenvalue weighted by molar-refractivity contribution is 7.12. The maximum Gasteiger partial charge on any atom is 0.0573 e. The van der Waals surface area contributed by atoms with Crippen molar-refractivity contribution in [3.63, 3.8) is 0 Å². The summed E-state index contributed by atoms with van der Waals surface area (Å²) in [6.45, 7) is 3.72. The molecule has 1 aliphatic rings. The summed E-state index contributed by atoms with van der Waals surface area (Å²) in [4.78, 5) is 2.83. The van der Waals surface area contributed by atoms with Crippen molar-refractivity contribution in [1.82, 2.24) is 0 Å². The molecular formula is C11H15NS. The van der Waals surface area contributed by atoms with Gasteiger partial charge in [0.1, 0.15) is 0 Å². The minimum Gasteiger partial charge on any atom is -0.320 e. The summed E-state index contributed by atoms with van der Waals surface area (Å²) in [5, 5.41) is 0.